The van der Waals surface area contributed by atoms with Crippen LogP contribution in [0.5, 0.6) is 5.75 Å². The summed E-state index contributed by atoms with van der Waals surface area (Å²) in [6, 6.07) is 4.09. The van der Waals surface area contributed by atoms with Crippen molar-refractivity contribution in [2.24, 2.45) is 0 Å². The molecule has 0 spiro atoms. The molecule has 1 N–H and O–H groups in total. The highest BCUT2D eigenvalue weighted by molar-refractivity contribution is 6.31. The second-order valence-electron chi connectivity index (χ2n) is 5.78. The summed E-state index contributed by atoms with van der Waals surface area (Å²) in [5.41, 5.74) is 2.25. The van der Waals surface area contributed by atoms with E-state index in [1.54, 1.807) is 0 Å². The zero-order valence-electron chi connectivity index (χ0n) is 13.4. The topological polar surface area (TPSA) is 21.3 Å². The summed E-state index contributed by atoms with van der Waals surface area (Å²) in [4.78, 5) is 0. The molecule has 1 unspecified atom stereocenters. The Morgan fingerprint density at radius 1 is 1.25 bits per heavy atom. The van der Waals surface area contributed by atoms with Gasteiger partial charge in [0.2, 0.25) is 0 Å². The number of hydrogen-bond acceptors (Lipinski definition) is 2. The Balaban J connectivity index is 2.64. The molecule has 2 nitrogen and oxygen atoms in total. The van der Waals surface area contributed by atoms with E-state index in [0.717, 1.165) is 35.0 Å². The lowest BCUT2D eigenvalue weighted by Gasteiger charge is -2.19. The van der Waals surface area contributed by atoms with Crippen molar-refractivity contribution in [3.8, 4) is 5.75 Å². The molecule has 1 aromatic carbocycles. The van der Waals surface area contributed by atoms with Crippen LogP contribution in [0.15, 0.2) is 12.1 Å². The van der Waals surface area contributed by atoms with Crippen LogP contribution in [0.1, 0.15) is 57.6 Å². The van der Waals surface area contributed by atoms with E-state index >= 15 is 0 Å². The lowest BCUT2D eigenvalue weighted by Crippen LogP contribution is -2.29. The molecule has 3 heteroatoms. The summed E-state index contributed by atoms with van der Waals surface area (Å²) in [6.45, 7) is 12.6. The number of ether oxygens (including phenoxy) is 1. The molecule has 1 atom stereocenters. The first-order valence-electron chi connectivity index (χ1n) is 7.63. The normalized spacial score (nSPS) is 12.8. The van der Waals surface area contributed by atoms with Gasteiger partial charge in [0.15, 0.2) is 0 Å². The average molecular weight is 298 g/mol. The smallest absolute Gasteiger partial charge is 0.123 e. The maximum absolute atomic E-state index is 6.28. The minimum atomic E-state index is 0.159. The van der Waals surface area contributed by atoms with Crippen molar-refractivity contribution in [3.05, 3.63) is 28.3 Å². The standard InChI is InChI=1S/C17H28ClNO/c1-6-7-8-19-11-14(5)20-17-10-15(12(2)3)16(18)9-13(17)4/h9-10,12,14,19H,6-8,11H2,1-5H3. The van der Waals surface area contributed by atoms with Gasteiger partial charge in [0.05, 0.1) is 0 Å². The van der Waals surface area contributed by atoms with Crippen LogP contribution in [-0.2, 0) is 0 Å². The second-order valence-corrected chi connectivity index (χ2v) is 6.19. The van der Waals surface area contributed by atoms with Crippen LogP contribution in [0, 0.1) is 6.92 Å². The van der Waals surface area contributed by atoms with Crippen molar-refractivity contribution in [2.75, 3.05) is 13.1 Å². The van der Waals surface area contributed by atoms with Gasteiger partial charge in [0.25, 0.3) is 0 Å². The minimum Gasteiger partial charge on any atom is -0.489 e. The molecule has 0 saturated carbocycles. The minimum absolute atomic E-state index is 0.159. The Morgan fingerprint density at radius 2 is 1.95 bits per heavy atom. The molecule has 0 fully saturated rings. The van der Waals surface area contributed by atoms with E-state index in [1.807, 2.05) is 13.0 Å². The molecular weight excluding hydrogens is 270 g/mol. The predicted molar refractivity (Wildman–Crippen MR) is 88.1 cm³/mol. The van der Waals surface area contributed by atoms with Gasteiger partial charge >= 0.3 is 0 Å². The highest BCUT2D eigenvalue weighted by Crippen LogP contribution is 2.31. The summed E-state index contributed by atoms with van der Waals surface area (Å²) >= 11 is 6.28. The first-order valence-corrected chi connectivity index (χ1v) is 8.00. The average Bonchev–Trinajstić information content (AvgIpc) is 2.37. The molecule has 0 aliphatic rings. The van der Waals surface area contributed by atoms with E-state index in [1.165, 1.54) is 12.8 Å². The maximum Gasteiger partial charge on any atom is 0.123 e. The highest BCUT2D eigenvalue weighted by Gasteiger charge is 2.12. The number of hydrogen-bond donors (Lipinski definition) is 1. The third-order valence-corrected chi connectivity index (χ3v) is 3.71. The Labute approximate surface area is 128 Å². The van der Waals surface area contributed by atoms with Gasteiger partial charge in [0, 0.05) is 11.6 Å². The first kappa shape index (κ1) is 17.3. The van der Waals surface area contributed by atoms with Crippen molar-refractivity contribution in [1.82, 2.24) is 5.32 Å². The van der Waals surface area contributed by atoms with Crippen molar-refractivity contribution in [2.45, 2.75) is 59.5 Å². The maximum atomic E-state index is 6.28. The Bertz CT molecular complexity index is 418. The number of unbranched alkanes of at least 4 members (excludes halogenated alkanes) is 1. The van der Waals surface area contributed by atoms with Crippen LogP contribution < -0.4 is 10.1 Å². The van der Waals surface area contributed by atoms with Gasteiger partial charge in [-0.1, -0.05) is 38.8 Å². The van der Waals surface area contributed by atoms with E-state index in [-0.39, 0.29) is 6.10 Å². The summed E-state index contributed by atoms with van der Waals surface area (Å²) < 4.78 is 6.05. The van der Waals surface area contributed by atoms with Crippen molar-refractivity contribution >= 4 is 11.6 Å². The van der Waals surface area contributed by atoms with Gasteiger partial charge in [-0.2, -0.15) is 0 Å². The van der Waals surface area contributed by atoms with Gasteiger partial charge in [-0.25, -0.2) is 0 Å². The van der Waals surface area contributed by atoms with Gasteiger partial charge in [0.1, 0.15) is 11.9 Å². The van der Waals surface area contributed by atoms with E-state index in [4.69, 9.17) is 16.3 Å². The molecule has 0 bridgehead atoms. The predicted octanol–water partition coefficient (Wildman–Crippen LogP) is 4.93. The fourth-order valence-corrected chi connectivity index (χ4v) is 2.54. The third kappa shape index (κ3) is 5.34. The van der Waals surface area contributed by atoms with E-state index in [9.17, 15) is 0 Å². The molecule has 0 saturated heterocycles. The molecular formula is C17H28ClNO. The van der Waals surface area contributed by atoms with Crippen molar-refractivity contribution in [3.63, 3.8) is 0 Å². The van der Waals surface area contributed by atoms with Crippen molar-refractivity contribution < 1.29 is 4.74 Å². The molecule has 0 aromatic heterocycles. The Morgan fingerprint density at radius 3 is 2.55 bits per heavy atom. The summed E-state index contributed by atoms with van der Waals surface area (Å²) in [6.07, 6.45) is 2.59. The van der Waals surface area contributed by atoms with Crippen LogP contribution >= 0.6 is 11.6 Å². The molecule has 20 heavy (non-hydrogen) atoms. The lowest BCUT2D eigenvalue weighted by molar-refractivity contribution is 0.215. The number of nitrogens with one attached hydrogen (secondary N) is 1. The van der Waals surface area contributed by atoms with Crippen LogP contribution in [-0.4, -0.2) is 19.2 Å². The molecule has 0 aliphatic carbocycles. The zero-order chi connectivity index (χ0) is 15.1. The number of halogens is 1. The van der Waals surface area contributed by atoms with E-state index < -0.39 is 0 Å². The fraction of sp³-hybridized carbons (Fsp3) is 0.647. The van der Waals surface area contributed by atoms with Crippen LogP contribution in [0.4, 0.5) is 0 Å². The first-order chi connectivity index (χ1) is 9.45. The lowest BCUT2D eigenvalue weighted by atomic mass is 10.0. The molecule has 0 radical (unpaired) electrons. The number of aryl methyl sites for hydroxylation is 1. The molecule has 0 heterocycles. The molecule has 0 amide bonds. The number of rotatable bonds is 8. The van der Waals surface area contributed by atoms with Crippen LogP contribution in [0.25, 0.3) is 0 Å². The highest BCUT2D eigenvalue weighted by atomic mass is 35.5. The molecule has 1 aromatic rings. The van der Waals surface area contributed by atoms with Crippen LogP contribution in [0.2, 0.25) is 5.02 Å². The quantitative estimate of drug-likeness (QED) is 0.687. The summed E-state index contributed by atoms with van der Waals surface area (Å²) in [5.74, 6) is 1.35. The van der Waals surface area contributed by atoms with Crippen molar-refractivity contribution in [1.29, 1.82) is 0 Å². The largest absolute Gasteiger partial charge is 0.489 e. The van der Waals surface area contributed by atoms with Gasteiger partial charge in [-0.05, 0) is 56.0 Å². The van der Waals surface area contributed by atoms with E-state index in [0.29, 0.717) is 5.92 Å². The van der Waals surface area contributed by atoms with Crippen LogP contribution in [0.3, 0.4) is 0 Å². The SMILES string of the molecule is CCCCNCC(C)Oc1cc(C(C)C)c(Cl)cc1C. The molecule has 0 aliphatic heterocycles. The zero-order valence-corrected chi connectivity index (χ0v) is 14.2. The van der Waals surface area contributed by atoms with Gasteiger partial charge in [-0.3, -0.25) is 0 Å². The van der Waals surface area contributed by atoms with Gasteiger partial charge in [-0.15, -0.1) is 0 Å². The molecule has 114 valence electrons. The van der Waals surface area contributed by atoms with E-state index in [2.05, 4.69) is 39.1 Å². The summed E-state index contributed by atoms with van der Waals surface area (Å²) in [5, 5.41) is 4.26. The molecule has 1 rings (SSSR count). The fourth-order valence-electron chi connectivity index (χ4n) is 2.10. The second kappa shape index (κ2) is 8.53. The Hall–Kier alpha value is -0.730. The monoisotopic (exact) mass is 297 g/mol. The number of benzene rings is 1. The Kier molecular flexibility index (Phi) is 7.39. The summed E-state index contributed by atoms with van der Waals surface area (Å²) in [7, 11) is 0. The third-order valence-electron chi connectivity index (χ3n) is 3.38. The van der Waals surface area contributed by atoms with Gasteiger partial charge < -0.3 is 10.1 Å².